The Morgan fingerprint density at radius 1 is 0.526 bits per heavy atom. The Kier molecular flexibility index (Phi) is 44.1. The predicted molar refractivity (Wildman–Crippen MR) is 354 cm³/mol. The minimum Gasteiger partial charge on any atom is -0.481 e. The number of aliphatic carboxylic acids is 1. The number of carboxylic acids is 1. The minimum absolute atomic E-state index is 0.140. The second-order valence-corrected chi connectivity index (χ2v) is 26.6. The highest BCUT2D eigenvalue weighted by Crippen LogP contribution is 2.67. The highest BCUT2D eigenvalue weighted by Gasteiger charge is 2.59. The third-order valence-corrected chi connectivity index (χ3v) is 17.9. The Morgan fingerprint density at radius 3 is 1.45 bits per heavy atom. The van der Waals surface area contributed by atoms with Crippen molar-refractivity contribution >= 4 is 41.8 Å². The summed E-state index contributed by atoms with van der Waals surface area (Å²) in [5, 5.41) is 18.9. The molecular weight excluding hydrogens is 1240 g/mol. The number of carbonyl (C=O) groups is 7. The molecule has 550 valence electrons. The van der Waals surface area contributed by atoms with Gasteiger partial charge in [0.1, 0.15) is 11.7 Å². The summed E-state index contributed by atoms with van der Waals surface area (Å²) in [5.74, 6) is 2.49. The molecule has 0 spiro atoms. The predicted octanol–water partition coefficient (Wildman–Crippen LogP) is 6.47. The first-order chi connectivity index (χ1) is 45.6. The molecule has 3 fully saturated rings. The van der Waals surface area contributed by atoms with E-state index in [-0.39, 0.29) is 61.5 Å². The molecule has 27 nitrogen and oxygen atoms in total. The van der Waals surface area contributed by atoms with Crippen molar-refractivity contribution in [3.8, 4) is 0 Å². The van der Waals surface area contributed by atoms with E-state index >= 15 is 0 Å². The van der Waals surface area contributed by atoms with E-state index in [0.717, 1.165) is 54.8 Å². The Bertz CT molecular complexity index is 2190. The lowest BCUT2D eigenvalue weighted by Crippen LogP contribution is -2.51. The van der Waals surface area contributed by atoms with Crippen LogP contribution in [0.2, 0.25) is 0 Å². The fourth-order valence-electron chi connectivity index (χ4n) is 13.1. The zero-order valence-electron chi connectivity index (χ0n) is 59.0. The van der Waals surface area contributed by atoms with Crippen molar-refractivity contribution in [2.24, 2.45) is 46.3 Å². The molecule has 0 aromatic heterocycles. The summed E-state index contributed by atoms with van der Waals surface area (Å²) in [4.78, 5) is 80.1. The van der Waals surface area contributed by atoms with E-state index < -0.39 is 29.7 Å². The Morgan fingerprint density at radius 2 is 0.989 bits per heavy atom. The molecule has 4 rings (SSSR count). The van der Waals surface area contributed by atoms with Crippen LogP contribution in [-0.2, 0) is 85.6 Å². The number of carbonyl (C=O) groups excluding carboxylic acids is 6. The molecule has 8 atom stereocenters. The fourth-order valence-corrected chi connectivity index (χ4v) is 13.1. The van der Waals surface area contributed by atoms with E-state index in [4.69, 9.17) is 66.7 Å². The molecule has 1 unspecified atom stereocenters. The average Bonchev–Trinajstić information content (AvgIpc) is 1.69. The van der Waals surface area contributed by atoms with E-state index in [1.807, 2.05) is 10.9 Å². The van der Waals surface area contributed by atoms with Crippen LogP contribution in [0.25, 0.3) is 0 Å². The highest BCUT2D eigenvalue weighted by atomic mass is 16.6. The molecule has 4 aliphatic carbocycles. The van der Waals surface area contributed by atoms with E-state index in [2.05, 4.69) is 62.0 Å². The first kappa shape index (κ1) is 84.4. The van der Waals surface area contributed by atoms with Gasteiger partial charge in [-0.15, -0.1) is 0 Å². The van der Waals surface area contributed by atoms with Gasteiger partial charge in [0.05, 0.1) is 158 Å². The maximum atomic E-state index is 12.8. The molecule has 27 heteroatoms. The van der Waals surface area contributed by atoms with Gasteiger partial charge in [-0.3, -0.25) is 29.4 Å². The average molecular weight is 1360 g/mol. The van der Waals surface area contributed by atoms with E-state index in [1.165, 1.54) is 64.0 Å². The van der Waals surface area contributed by atoms with Crippen LogP contribution in [0, 0.1) is 46.3 Å². The summed E-state index contributed by atoms with van der Waals surface area (Å²) in [6.07, 6.45) is 14.3. The van der Waals surface area contributed by atoms with Crippen LogP contribution in [0.5, 0.6) is 0 Å². The van der Waals surface area contributed by atoms with Gasteiger partial charge in [-0.25, -0.2) is 15.0 Å². The van der Waals surface area contributed by atoms with E-state index in [0.29, 0.717) is 164 Å². The largest absolute Gasteiger partial charge is 0.481 e. The molecule has 0 aromatic rings. The quantitative estimate of drug-likeness (QED) is 0.0195. The van der Waals surface area contributed by atoms with E-state index in [9.17, 15) is 33.6 Å². The zero-order chi connectivity index (χ0) is 69.6. The Labute approximate surface area is 565 Å². The number of ether oxygens (including phenoxy) is 13. The van der Waals surface area contributed by atoms with Gasteiger partial charge in [0, 0.05) is 45.8 Å². The molecule has 0 radical (unpaired) electrons. The van der Waals surface area contributed by atoms with Gasteiger partial charge in [0.25, 0.3) is 0 Å². The maximum absolute atomic E-state index is 12.8. The summed E-state index contributed by atoms with van der Waals surface area (Å²) < 4.78 is 71.3. The van der Waals surface area contributed by atoms with Gasteiger partial charge < -0.3 is 88.0 Å². The summed E-state index contributed by atoms with van der Waals surface area (Å²) in [7, 11) is 1.54. The molecule has 0 heterocycles. The number of carboxylic acid groups (broad SMARTS) is 1. The van der Waals surface area contributed by atoms with Gasteiger partial charge in [0.2, 0.25) is 23.6 Å². The number of allylic oxidation sites excluding steroid dienone is 1. The Balaban J connectivity index is 0.00000129. The smallest absolute Gasteiger partial charge is 0.426 e. The molecule has 3 saturated carbocycles. The maximum Gasteiger partial charge on any atom is 0.426 e. The first-order valence-electron chi connectivity index (χ1n) is 34.8. The van der Waals surface area contributed by atoms with Gasteiger partial charge in [0.15, 0.2) is 0 Å². The van der Waals surface area contributed by atoms with Crippen molar-refractivity contribution in [1.29, 1.82) is 0 Å². The number of hydrogen-bond acceptors (Lipinski definition) is 20. The van der Waals surface area contributed by atoms with Crippen molar-refractivity contribution in [1.82, 2.24) is 32.1 Å². The minimum atomic E-state index is -1.08. The van der Waals surface area contributed by atoms with Gasteiger partial charge in [-0.2, -0.15) is 0 Å². The normalized spacial score (nSPS) is 21.5. The van der Waals surface area contributed by atoms with Gasteiger partial charge in [-0.05, 0) is 112 Å². The summed E-state index contributed by atoms with van der Waals surface area (Å²) in [6, 6.07) is 0. The second kappa shape index (κ2) is 49.7. The highest BCUT2D eigenvalue weighted by molar-refractivity contribution is 5.84. The van der Waals surface area contributed by atoms with Crippen molar-refractivity contribution in [2.75, 3.05) is 172 Å². The van der Waals surface area contributed by atoms with Crippen LogP contribution in [0.3, 0.4) is 0 Å². The Hall–Kier alpha value is -4.81. The van der Waals surface area contributed by atoms with Gasteiger partial charge in [-0.1, -0.05) is 65.5 Å². The molecule has 6 amide bonds. The van der Waals surface area contributed by atoms with Crippen molar-refractivity contribution in [3.63, 3.8) is 0 Å². The molecule has 7 N–H and O–H groups in total. The second-order valence-electron chi connectivity index (χ2n) is 26.6. The lowest BCUT2D eigenvalue weighted by molar-refractivity contribution is -0.139. The summed E-state index contributed by atoms with van der Waals surface area (Å²) in [6.45, 7) is 27.7. The van der Waals surface area contributed by atoms with Crippen molar-refractivity contribution < 1.29 is 100 Å². The van der Waals surface area contributed by atoms with Crippen LogP contribution in [-0.4, -0.2) is 231 Å². The number of rotatable bonds is 50. The van der Waals surface area contributed by atoms with E-state index in [1.54, 1.807) is 20.8 Å². The van der Waals surface area contributed by atoms with Crippen molar-refractivity contribution in [3.05, 3.63) is 11.6 Å². The lowest BCUT2D eigenvalue weighted by atomic mass is 9.47. The zero-order valence-corrected chi connectivity index (χ0v) is 59.0. The number of alkyl carbamates (subject to hydrolysis) is 1. The van der Waals surface area contributed by atoms with Crippen LogP contribution in [0.1, 0.15) is 152 Å². The van der Waals surface area contributed by atoms with Gasteiger partial charge >= 0.3 is 18.2 Å². The fraction of sp³-hybridized carbons (Fsp3) is 0.868. The number of hydrogen-bond donors (Lipinski definition) is 7. The van der Waals surface area contributed by atoms with Crippen LogP contribution < -0.4 is 32.1 Å². The SMILES string of the molecule is CC(C)(C)OC(=O)NNC(=O)CCC(=O)O.CNC(=O)CCC(=O)NCCOCCOCCOCCOCCOCCOCCOCCOCCOCCOCCOCCNC(=O)CNC(=O)OC1CC[C@@]2(C)C(=CC[C@H]3[C@@H]4CC[C@H]([C@H](C)CCCC(C)C)[C@@]4(C)CC[C@@H]32)C1. The van der Waals surface area contributed by atoms with Crippen molar-refractivity contribution in [2.45, 2.75) is 163 Å². The molecule has 0 aromatic carbocycles. The molecule has 0 saturated heterocycles. The number of hydrazine groups is 1. The van der Waals surface area contributed by atoms with Crippen LogP contribution in [0.15, 0.2) is 11.6 Å². The molecule has 4 aliphatic rings. The van der Waals surface area contributed by atoms with Crippen LogP contribution >= 0.6 is 0 Å². The number of amides is 6. The molecule has 0 bridgehead atoms. The number of nitrogens with one attached hydrogen (secondary N) is 6. The molecular formula is C68H122N6O21. The lowest BCUT2D eigenvalue weighted by Gasteiger charge is -2.58. The molecule has 95 heavy (non-hydrogen) atoms. The first-order valence-corrected chi connectivity index (χ1v) is 34.8. The third kappa shape index (κ3) is 37.7. The molecule has 0 aliphatic heterocycles. The van der Waals surface area contributed by atoms with Crippen LogP contribution in [0.4, 0.5) is 9.59 Å². The standard InChI is InChI=1S/C59H106N4O16.C9H16N2O5/c1-46(2)8-7-9-47(3)51-12-13-52-50-11-10-48-44-49(16-18-58(48,4)53(50)17-19-59(51,52)5)79-57(67)63-45-56(66)62-21-23-69-25-27-71-29-31-73-33-35-75-37-39-77-41-43-78-42-40-76-38-36-74-34-32-72-30-28-70-26-24-68-22-20-61-55(65)15-14-54(64)60-6;1-9(2,3)16-8(15)11-10-6(12)4-5-7(13)14/h10,46-47,49-53H,7-9,11-45H2,1-6H3,(H,60,64)(H,61,65)(H,62,66)(H,63,67);4-5H2,1-3H3,(H,10,12)(H,11,15)(H,13,14)/t47-,49?,50+,51-,52+,53+,58+,59-;/m1./s1. The topological polar surface area (TPSA) is 332 Å². The third-order valence-electron chi connectivity index (χ3n) is 17.9. The number of fused-ring (bicyclic) bond motifs is 5. The summed E-state index contributed by atoms with van der Waals surface area (Å²) >= 11 is 0. The monoisotopic (exact) mass is 1360 g/mol. The summed E-state index contributed by atoms with van der Waals surface area (Å²) in [5.41, 5.74) is 5.54.